The summed E-state index contributed by atoms with van der Waals surface area (Å²) in [7, 11) is 1.71. The topological polar surface area (TPSA) is 30.5 Å². The van der Waals surface area contributed by atoms with E-state index in [9.17, 15) is 0 Å². The van der Waals surface area contributed by atoms with Crippen LogP contribution in [-0.2, 0) is 4.74 Å². The molecule has 2 unspecified atom stereocenters. The van der Waals surface area contributed by atoms with Gasteiger partial charge in [-0.05, 0) is 36.1 Å². The van der Waals surface area contributed by atoms with Crippen molar-refractivity contribution in [3.8, 4) is 5.75 Å². The van der Waals surface area contributed by atoms with Gasteiger partial charge in [0.1, 0.15) is 5.75 Å². The predicted octanol–water partition coefficient (Wildman–Crippen LogP) is 3.98. The molecule has 0 aliphatic carbocycles. The normalized spacial score (nSPS) is 26.5. The Hall–Kier alpha value is -2.00. The van der Waals surface area contributed by atoms with Gasteiger partial charge in [0.15, 0.2) is 0 Å². The number of nitrogens with one attached hydrogen (secondary N) is 1. The van der Waals surface area contributed by atoms with Crippen molar-refractivity contribution in [1.29, 1.82) is 0 Å². The third kappa shape index (κ3) is 2.26. The number of hydrogen-bond acceptors (Lipinski definition) is 3. The molecule has 0 bridgehead atoms. The Labute approximate surface area is 131 Å². The highest BCUT2D eigenvalue weighted by atomic mass is 16.5. The van der Waals surface area contributed by atoms with E-state index in [0.717, 1.165) is 25.3 Å². The number of anilines is 1. The van der Waals surface area contributed by atoms with E-state index in [4.69, 9.17) is 9.47 Å². The molecule has 3 nitrogen and oxygen atoms in total. The highest BCUT2D eigenvalue weighted by Crippen LogP contribution is 2.47. The molecule has 0 radical (unpaired) electrons. The average Bonchev–Trinajstić information content (AvgIpc) is 2.61. The number of fused-ring (bicyclic) bond motifs is 3. The van der Waals surface area contributed by atoms with Crippen LogP contribution in [0.4, 0.5) is 5.69 Å². The van der Waals surface area contributed by atoms with Crippen LogP contribution in [-0.4, -0.2) is 20.3 Å². The van der Waals surface area contributed by atoms with Crippen LogP contribution >= 0.6 is 0 Å². The molecule has 3 atom stereocenters. The molecule has 0 aromatic heterocycles. The van der Waals surface area contributed by atoms with Gasteiger partial charge in [-0.1, -0.05) is 30.3 Å². The molecule has 2 heterocycles. The molecule has 0 saturated carbocycles. The van der Waals surface area contributed by atoms with Gasteiger partial charge in [0, 0.05) is 30.3 Å². The molecule has 2 aliphatic heterocycles. The number of benzene rings is 2. The van der Waals surface area contributed by atoms with E-state index in [1.165, 1.54) is 16.8 Å². The second-order valence-corrected chi connectivity index (χ2v) is 6.09. The van der Waals surface area contributed by atoms with Crippen LogP contribution in [0.2, 0.25) is 0 Å². The summed E-state index contributed by atoms with van der Waals surface area (Å²) in [4.78, 5) is 0. The minimum absolute atomic E-state index is 0.207. The third-order valence-electron chi connectivity index (χ3n) is 4.97. The quantitative estimate of drug-likeness (QED) is 0.909. The standard InChI is InChI=1S/C19H21NO2/c1-21-14-8-6-13(7-9-14)15-10-11-22-19-16-4-2-3-5-18(16)20-12-17(15)19/h2-9,15,17,19-20H,10-12H2,1H3/t15-,17?,19?/m0/s1. The Morgan fingerprint density at radius 1 is 1.09 bits per heavy atom. The zero-order valence-corrected chi connectivity index (χ0v) is 12.8. The van der Waals surface area contributed by atoms with E-state index in [2.05, 4.69) is 53.8 Å². The molecule has 2 aromatic rings. The van der Waals surface area contributed by atoms with Gasteiger partial charge in [0.25, 0.3) is 0 Å². The first-order valence-corrected chi connectivity index (χ1v) is 7.95. The Bertz CT molecular complexity index is 653. The van der Waals surface area contributed by atoms with Crippen LogP contribution in [0.1, 0.15) is 29.6 Å². The first kappa shape index (κ1) is 13.6. The lowest BCUT2D eigenvalue weighted by atomic mass is 9.75. The minimum Gasteiger partial charge on any atom is -0.497 e. The highest BCUT2D eigenvalue weighted by molar-refractivity contribution is 5.55. The van der Waals surface area contributed by atoms with Gasteiger partial charge in [-0.25, -0.2) is 0 Å². The fourth-order valence-electron chi connectivity index (χ4n) is 3.84. The molecule has 2 aromatic carbocycles. The Morgan fingerprint density at radius 3 is 2.73 bits per heavy atom. The molecule has 22 heavy (non-hydrogen) atoms. The number of methoxy groups -OCH3 is 1. The molecule has 2 aliphatic rings. The van der Waals surface area contributed by atoms with Crippen molar-refractivity contribution >= 4 is 5.69 Å². The van der Waals surface area contributed by atoms with E-state index in [0.29, 0.717) is 11.8 Å². The van der Waals surface area contributed by atoms with Crippen molar-refractivity contribution in [3.63, 3.8) is 0 Å². The van der Waals surface area contributed by atoms with Gasteiger partial charge in [-0.3, -0.25) is 0 Å². The summed E-state index contributed by atoms with van der Waals surface area (Å²) in [5.41, 5.74) is 3.91. The lowest BCUT2D eigenvalue weighted by molar-refractivity contribution is -0.0381. The molecule has 4 rings (SSSR count). The summed E-state index contributed by atoms with van der Waals surface area (Å²) < 4.78 is 11.4. The molecule has 0 amide bonds. The second kappa shape index (κ2) is 5.65. The number of para-hydroxylation sites is 1. The lowest BCUT2D eigenvalue weighted by Crippen LogP contribution is -2.37. The zero-order valence-electron chi connectivity index (χ0n) is 12.8. The summed E-state index contributed by atoms with van der Waals surface area (Å²) in [5.74, 6) is 1.93. The maximum Gasteiger partial charge on any atom is 0.118 e. The Balaban J connectivity index is 1.65. The smallest absolute Gasteiger partial charge is 0.118 e. The van der Waals surface area contributed by atoms with Crippen LogP contribution in [0.3, 0.4) is 0 Å². The number of rotatable bonds is 2. The van der Waals surface area contributed by atoms with Gasteiger partial charge < -0.3 is 14.8 Å². The Morgan fingerprint density at radius 2 is 1.91 bits per heavy atom. The Kier molecular flexibility index (Phi) is 3.51. The van der Waals surface area contributed by atoms with E-state index in [-0.39, 0.29) is 6.10 Å². The fourth-order valence-corrected chi connectivity index (χ4v) is 3.84. The van der Waals surface area contributed by atoms with Crippen LogP contribution in [0, 0.1) is 5.92 Å². The molecule has 114 valence electrons. The van der Waals surface area contributed by atoms with Crippen LogP contribution in [0.15, 0.2) is 48.5 Å². The summed E-state index contributed by atoms with van der Waals surface area (Å²) in [6, 6.07) is 17.0. The molecule has 1 saturated heterocycles. The SMILES string of the molecule is COc1ccc([C@@H]2CCOC3c4ccccc4NCC32)cc1. The van der Waals surface area contributed by atoms with E-state index in [1.807, 2.05) is 0 Å². The van der Waals surface area contributed by atoms with Gasteiger partial charge >= 0.3 is 0 Å². The largest absolute Gasteiger partial charge is 0.497 e. The molecular weight excluding hydrogens is 274 g/mol. The van der Waals surface area contributed by atoms with Gasteiger partial charge in [0.05, 0.1) is 13.2 Å². The van der Waals surface area contributed by atoms with E-state index < -0.39 is 0 Å². The van der Waals surface area contributed by atoms with E-state index >= 15 is 0 Å². The maximum absolute atomic E-state index is 6.14. The maximum atomic E-state index is 6.14. The monoisotopic (exact) mass is 295 g/mol. The molecular formula is C19H21NO2. The summed E-state index contributed by atoms with van der Waals surface area (Å²) >= 11 is 0. The number of hydrogen-bond donors (Lipinski definition) is 1. The number of ether oxygens (including phenoxy) is 2. The fraction of sp³-hybridized carbons (Fsp3) is 0.368. The molecule has 1 N–H and O–H groups in total. The minimum atomic E-state index is 0.207. The van der Waals surface area contributed by atoms with Crippen LogP contribution < -0.4 is 10.1 Å². The lowest BCUT2D eigenvalue weighted by Gasteiger charge is -2.42. The van der Waals surface area contributed by atoms with E-state index in [1.54, 1.807) is 7.11 Å². The summed E-state index contributed by atoms with van der Waals surface area (Å²) in [6.07, 6.45) is 1.29. The van der Waals surface area contributed by atoms with Gasteiger partial charge in [-0.2, -0.15) is 0 Å². The second-order valence-electron chi connectivity index (χ2n) is 6.09. The van der Waals surface area contributed by atoms with Crippen LogP contribution in [0.5, 0.6) is 5.75 Å². The molecule has 1 fully saturated rings. The van der Waals surface area contributed by atoms with Crippen molar-refractivity contribution in [2.45, 2.75) is 18.4 Å². The van der Waals surface area contributed by atoms with Crippen molar-refractivity contribution < 1.29 is 9.47 Å². The van der Waals surface area contributed by atoms with Crippen molar-refractivity contribution in [2.24, 2.45) is 5.92 Å². The third-order valence-corrected chi connectivity index (χ3v) is 4.97. The van der Waals surface area contributed by atoms with Crippen molar-refractivity contribution in [1.82, 2.24) is 0 Å². The van der Waals surface area contributed by atoms with Crippen LogP contribution in [0.25, 0.3) is 0 Å². The molecule has 3 heteroatoms. The summed E-state index contributed by atoms with van der Waals surface area (Å²) in [5, 5.41) is 3.58. The first-order chi connectivity index (χ1) is 10.9. The molecule has 0 spiro atoms. The highest BCUT2D eigenvalue weighted by Gasteiger charge is 2.39. The predicted molar refractivity (Wildman–Crippen MR) is 87.5 cm³/mol. The van der Waals surface area contributed by atoms with Crippen molar-refractivity contribution in [3.05, 3.63) is 59.7 Å². The zero-order chi connectivity index (χ0) is 14.9. The first-order valence-electron chi connectivity index (χ1n) is 7.95. The average molecular weight is 295 g/mol. The van der Waals surface area contributed by atoms with Gasteiger partial charge in [-0.15, -0.1) is 0 Å². The van der Waals surface area contributed by atoms with Crippen molar-refractivity contribution in [2.75, 3.05) is 25.6 Å². The summed E-state index contributed by atoms with van der Waals surface area (Å²) in [6.45, 7) is 1.80. The van der Waals surface area contributed by atoms with Gasteiger partial charge in [0.2, 0.25) is 0 Å².